The highest BCUT2D eigenvalue weighted by atomic mass is 79.9. The maximum absolute atomic E-state index is 12.9. The van der Waals surface area contributed by atoms with Gasteiger partial charge >= 0.3 is 0 Å². The molecule has 1 N–H and O–H groups in total. The van der Waals surface area contributed by atoms with Crippen LogP contribution in [-0.4, -0.2) is 39.1 Å². The lowest BCUT2D eigenvalue weighted by molar-refractivity contribution is 0.0740. The highest BCUT2D eigenvalue weighted by Gasteiger charge is 2.51. The highest BCUT2D eigenvalue weighted by molar-refractivity contribution is 9.10. The lowest BCUT2D eigenvalue weighted by Gasteiger charge is -2.28. The summed E-state index contributed by atoms with van der Waals surface area (Å²) in [6, 6.07) is 3.49. The van der Waals surface area contributed by atoms with Crippen LogP contribution in [0.1, 0.15) is 73.6 Å². The van der Waals surface area contributed by atoms with E-state index in [2.05, 4.69) is 40.0 Å². The fourth-order valence-corrected chi connectivity index (χ4v) is 4.68. The van der Waals surface area contributed by atoms with Crippen molar-refractivity contribution < 1.29 is 9.21 Å². The van der Waals surface area contributed by atoms with Gasteiger partial charge in [0.25, 0.3) is 5.91 Å². The Hall–Kier alpha value is -1.63. The van der Waals surface area contributed by atoms with E-state index in [4.69, 9.17) is 9.40 Å². The molecule has 3 heterocycles. The van der Waals surface area contributed by atoms with Crippen LogP contribution in [0.4, 0.5) is 0 Å². The second-order valence-corrected chi connectivity index (χ2v) is 8.43. The van der Waals surface area contributed by atoms with Gasteiger partial charge in [0.15, 0.2) is 16.3 Å². The number of aromatic nitrogens is 3. The molecule has 2 aromatic heterocycles. The minimum absolute atomic E-state index is 0.0388. The SMILES string of the molecule is CC(C)c1n[nH]c(C2CN(C(=O)c3ccc(Br)o3)CC23CCCC3)n1. The fraction of sp³-hybridized carbons (Fsp3) is 0.611. The van der Waals surface area contributed by atoms with Gasteiger partial charge in [0, 0.05) is 24.9 Å². The summed E-state index contributed by atoms with van der Waals surface area (Å²) >= 11 is 3.27. The van der Waals surface area contributed by atoms with E-state index in [0.29, 0.717) is 22.9 Å². The van der Waals surface area contributed by atoms with Gasteiger partial charge in [-0.25, -0.2) is 4.98 Å². The molecule has 1 unspecified atom stereocenters. The number of aromatic amines is 1. The molecule has 7 heteroatoms. The van der Waals surface area contributed by atoms with E-state index in [-0.39, 0.29) is 17.2 Å². The van der Waals surface area contributed by atoms with E-state index in [9.17, 15) is 4.79 Å². The second-order valence-electron chi connectivity index (χ2n) is 7.65. The Morgan fingerprint density at radius 1 is 1.40 bits per heavy atom. The van der Waals surface area contributed by atoms with Crippen LogP contribution in [0, 0.1) is 5.41 Å². The van der Waals surface area contributed by atoms with Crippen LogP contribution in [0.15, 0.2) is 21.2 Å². The molecule has 1 saturated heterocycles. The molecule has 2 aliphatic rings. The molecule has 1 spiro atoms. The summed E-state index contributed by atoms with van der Waals surface area (Å²) in [4.78, 5) is 19.5. The quantitative estimate of drug-likeness (QED) is 0.832. The molecule has 0 radical (unpaired) electrons. The first-order valence-corrected chi connectivity index (χ1v) is 9.75. The van der Waals surface area contributed by atoms with Crippen molar-refractivity contribution in [3.8, 4) is 0 Å². The van der Waals surface area contributed by atoms with E-state index < -0.39 is 0 Å². The van der Waals surface area contributed by atoms with Crippen molar-refractivity contribution in [2.75, 3.05) is 13.1 Å². The van der Waals surface area contributed by atoms with Crippen LogP contribution in [-0.2, 0) is 0 Å². The summed E-state index contributed by atoms with van der Waals surface area (Å²) in [5.74, 6) is 2.65. The van der Waals surface area contributed by atoms with Gasteiger partial charge < -0.3 is 9.32 Å². The number of hydrogen-bond acceptors (Lipinski definition) is 4. The summed E-state index contributed by atoms with van der Waals surface area (Å²) in [5, 5.41) is 7.54. The number of rotatable bonds is 3. The van der Waals surface area contributed by atoms with Gasteiger partial charge in [-0.1, -0.05) is 26.7 Å². The molecule has 25 heavy (non-hydrogen) atoms. The number of likely N-dealkylation sites (tertiary alicyclic amines) is 1. The predicted octanol–water partition coefficient (Wildman–Crippen LogP) is 4.08. The van der Waals surface area contributed by atoms with Gasteiger partial charge in [-0.3, -0.25) is 9.89 Å². The Bertz CT molecular complexity index is 776. The van der Waals surface area contributed by atoms with Crippen LogP contribution < -0.4 is 0 Å². The summed E-state index contributed by atoms with van der Waals surface area (Å²) in [6.07, 6.45) is 4.72. The normalized spacial score (nSPS) is 22.4. The number of halogens is 1. The van der Waals surface area contributed by atoms with Crippen LogP contribution in [0.25, 0.3) is 0 Å². The van der Waals surface area contributed by atoms with Crippen LogP contribution in [0.5, 0.6) is 0 Å². The summed E-state index contributed by atoms with van der Waals surface area (Å²) in [5.41, 5.74) is 0.118. The molecular formula is C18H23BrN4O2. The van der Waals surface area contributed by atoms with Crippen molar-refractivity contribution in [1.29, 1.82) is 0 Å². The minimum atomic E-state index is -0.0388. The number of H-pyrrole nitrogens is 1. The first kappa shape index (κ1) is 16.8. The predicted molar refractivity (Wildman–Crippen MR) is 96.4 cm³/mol. The monoisotopic (exact) mass is 406 g/mol. The van der Waals surface area contributed by atoms with E-state index in [1.54, 1.807) is 12.1 Å². The number of hydrogen-bond donors (Lipinski definition) is 1. The summed E-state index contributed by atoms with van der Waals surface area (Å²) in [7, 11) is 0. The molecule has 134 valence electrons. The molecular weight excluding hydrogens is 384 g/mol. The third-order valence-electron chi connectivity index (χ3n) is 5.68. The van der Waals surface area contributed by atoms with E-state index >= 15 is 0 Å². The molecule has 0 aromatic carbocycles. The maximum Gasteiger partial charge on any atom is 0.289 e. The molecule has 2 fully saturated rings. The fourth-order valence-electron chi connectivity index (χ4n) is 4.37. The van der Waals surface area contributed by atoms with E-state index in [0.717, 1.165) is 31.0 Å². The zero-order valence-electron chi connectivity index (χ0n) is 14.6. The Morgan fingerprint density at radius 2 is 2.16 bits per heavy atom. The second kappa shape index (κ2) is 6.27. The largest absolute Gasteiger partial charge is 0.444 e. The molecule has 1 aliphatic heterocycles. The maximum atomic E-state index is 12.9. The van der Waals surface area contributed by atoms with Crippen LogP contribution in [0.3, 0.4) is 0 Å². The smallest absolute Gasteiger partial charge is 0.289 e. The van der Waals surface area contributed by atoms with Gasteiger partial charge in [0.1, 0.15) is 5.82 Å². The molecule has 1 atom stereocenters. The molecule has 1 saturated carbocycles. The third-order valence-corrected chi connectivity index (χ3v) is 6.11. The number of furan rings is 1. The van der Waals surface area contributed by atoms with Crippen LogP contribution >= 0.6 is 15.9 Å². The van der Waals surface area contributed by atoms with Crippen molar-refractivity contribution in [3.05, 3.63) is 34.2 Å². The average molecular weight is 407 g/mol. The van der Waals surface area contributed by atoms with Gasteiger partial charge in [-0.05, 0) is 46.3 Å². The lowest BCUT2D eigenvalue weighted by atomic mass is 9.76. The number of carbonyl (C=O) groups is 1. The van der Waals surface area contributed by atoms with Crippen molar-refractivity contribution in [2.24, 2.45) is 5.41 Å². The Kier molecular flexibility index (Phi) is 4.22. The highest BCUT2D eigenvalue weighted by Crippen LogP contribution is 2.53. The van der Waals surface area contributed by atoms with Crippen molar-refractivity contribution in [1.82, 2.24) is 20.1 Å². The number of carbonyl (C=O) groups excluding carboxylic acids is 1. The Labute approximate surface area is 155 Å². The Balaban J connectivity index is 1.62. The summed E-state index contributed by atoms with van der Waals surface area (Å²) < 4.78 is 6.06. The summed E-state index contributed by atoms with van der Waals surface area (Å²) in [6.45, 7) is 5.63. The molecule has 1 aliphatic carbocycles. The molecule has 0 bridgehead atoms. The van der Waals surface area contributed by atoms with Crippen molar-refractivity contribution in [3.63, 3.8) is 0 Å². The molecule has 2 aromatic rings. The lowest BCUT2D eigenvalue weighted by Crippen LogP contribution is -2.31. The average Bonchev–Trinajstić information content (AvgIpc) is 3.34. The molecule has 1 amide bonds. The van der Waals surface area contributed by atoms with E-state index in [1.165, 1.54) is 12.8 Å². The zero-order valence-corrected chi connectivity index (χ0v) is 16.2. The number of amides is 1. The van der Waals surface area contributed by atoms with Gasteiger partial charge in [0.05, 0.1) is 0 Å². The minimum Gasteiger partial charge on any atom is -0.444 e. The molecule has 4 rings (SSSR count). The Morgan fingerprint density at radius 3 is 2.76 bits per heavy atom. The number of nitrogens with zero attached hydrogens (tertiary/aromatic N) is 3. The first-order valence-electron chi connectivity index (χ1n) is 8.95. The van der Waals surface area contributed by atoms with Crippen molar-refractivity contribution >= 4 is 21.8 Å². The van der Waals surface area contributed by atoms with Gasteiger partial charge in [-0.2, -0.15) is 5.10 Å². The van der Waals surface area contributed by atoms with E-state index in [1.807, 2.05) is 4.90 Å². The topological polar surface area (TPSA) is 75.0 Å². The zero-order chi connectivity index (χ0) is 17.6. The standard InChI is InChI=1S/C18H23BrN4O2/c1-11(2)15-20-16(22-21-15)12-9-23(10-18(12)7-3-4-8-18)17(24)13-5-6-14(19)25-13/h5-6,11-12H,3-4,7-10H2,1-2H3,(H,20,21,22). The number of nitrogens with one attached hydrogen (secondary N) is 1. The van der Waals surface area contributed by atoms with Gasteiger partial charge in [-0.15, -0.1) is 0 Å². The molecule has 6 nitrogen and oxygen atoms in total. The van der Waals surface area contributed by atoms with Gasteiger partial charge in [0.2, 0.25) is 0 Å². The van der Waals surface area contributed by atoms with Crippen LogP contribution in [0.2, 0.25) is 0 Å². The van der Waals surface area contributed by atoms with Crippen molar-refractivity contribution in [2.45, 2.75) is 51.4 Å². The third kappa shape index (κ3) is 2.92. The first-order chi connectivity index (χ1) is 12.0.